The Labute approximate surface area is 79.4 Å². The van der Waals surface area contributed by atoms with Crippen molar-refractivity contribution in [3.8, 4) is 0 Å². The van der Waals surface area contributed by atoms with Crippen molar-refractivity contribution in [2.24, 2.45) is 0 Å². The van der Waals surface area contributed by atoms with E-state index in [2.05, 4.69) is 24.1 Å². The van der Waals surface area contributed by atoms with Crippen molar-refractivity contribution < 1.29 is 0 Å². The van der Waals surface area contributed by atoms with Gasteiger partial charge in [0.05, 0.1) is 0 Å². The Morgan fingerprint density at radius 3 is 2.92 bits per heavy atom. The first-order valence-corrected chi connectivity index (χ1v) is 4.66. The number of hydrogen-bond acceptors (Lipinski definition) is 3. The lowest BCUT2D eigenvalue weighted by molar-refractivity contribution is 0.673. The summed E-state index contributed by atoms with van der Waals surface area (Å²) in [6, 6.07) is 1.99. The van der Waals surface area contributed by atoms with E-state index in [-0.39, 0.29) is 0 Å². The summed E-state index contributed by atoms with van der Waals surface area (Å²) >= 11 is 0. The molecule has 0 fully saturated rings. The average Bonchev–Trinajstić information content (AvgIpc) is 2.10. The Hall–Kier alpha value is -1.09. The summed E-state index contributed by atoms with van der Waals surface area (Å²) in [5, 5.41) is 3.31. The van der Waals surface area contributed by atoms with E-state index in [9.17, 15) is 0 Å². The monoisotopic (exact) mass is 179 g/mol. The summed E-state index contributed by atoms with van der Waals surface area (Å²) in [5.41, 5.74) is 8.08. The van der Waals surface area contributed by atoms with Crippen LogP contribution in [0.15, 0.2) is 12.3 Å². The van der Waals surface area contributed by atoms with Crippen LogP contribution < -0.4 is 11.1 Å². The Morgan fingerprint density at radius 2 is 2.31 bits per heavy atom. The molecule has 72 valence electrons. The molecule has 0 radical (unpaired) electrons. The van der Waals surface area contributed by atoms with Crippen LogP contribution in [-0.2, 0) is 6.54 Å². The molecule has 13 heavy (non-hydrogen) atoms. The van der Waals surface area contributed by atoms with Crippen molar-refractivity contribution >= 4 is 5.82 Å². The molecule has 0 aliphatic rings. The van der Waals surface area contributed by atoms with Gasteiger partial charge in [-0.15, -0.1) is 0 Å². The maximum Gasteiger partial charge on any atom is 0.128 e. The maximum absolute atomic E-state index is 5.75. The number of nitrogens with one attached hydrogen (secondary N) is 1. The molecule has 0 aliphatic heterocycles. The van der Waals surface area contributed by atoms with Gasteiger partial charge in [-0.3, -0.25) is 0 Å². The molecule has 3 N–H and O–H groups in total. The number of nitrogens with two attached hydrogens (primary N) is 1. The smallest absolute Gasteiger partial charge is 0.128 e. The minimum absolute atomic E-state index is 0.642. The van der Waals surface area contributed by atoms with Gasteiger partial charge in [0, 0.05) is 18.3 Å². The molecule has 1 rings (SSSR count). The highest BCUT2D eigenvalue weighted by atomic mass is 14.9. The molecule has 0 unspecified atom stereocenters. The quantitative estimate of drug-likeness (QED) is 0.688. The molecule has 0 amide bonds. The zero-order chi connectivity index (χ0) is 9.68. The molecule has 3 heteroatoms. The minimum atomic E-state index is 0.642. The van der Waals surface area contributed by atoms with Crippen LogP contribution in [0.5, 0.6) is 0 Å². The second kappa shape index (κ2) is 4.82. The lowest BCUT2D eigenvalue weighted by Gasteiger charge is -2.08. The van der Waals surface area contributed by atoms with Gasteiger partial charge >= 0.3 is 0 Å². The number of aromatic nitrogens is 1. The van der Waals surface area contributed by atoms with Gasteiger partial charge in [-0.05, 0) is 31.5 Å². The Kier molecular flexibility index (Phi) is 3.71. The number of rotatable bonds is 4. The SMILES string of the molecule is CCCNCc1c(C)ccnc1N. The molecule has 0 saturated heterocycles. The predicted octanol–water partition coefficient (Wildman–Crippen LogP) is 1.47. The minimum Gasteiger partial charge on any atom is -0.383 e. The molecule has 1 heterocycles. The Balaban J connectivity index is 2.64. The molecule has 1 aromatic rings. The van der Waals surface area contributed by atoms with E-state index < -0.39 is 0 Å². The lowest BCUT2D eigenvalue weighted by Crippen LogP contribution is -2.16. The van der Waals surface area contributed by atoms with Gasteiger partial charge in [-0.2, -0.15) is 0 Å². The van der Waals surface area contributed by atoms with E-state index in [1.807, 2.05) is 6.07 Å². The summed E-state index contributed by atoms with van der Waals surface area (Å²) in [7, 11) is 0. The van der Waals surface area contributed by atoms with Crippen molar-refractivity contribution in [2.45, 2.75) is 26.8 Å². The molecule has 1 aromatic heterocycles. The Bertz CT molecular complexity index is 251. The van der Waals surface area contributed by atoms with E-state index in [1.165, 1.54) is 5.56 Å². The van der Waals surface area contributed by atoms with E-state index in [0.29, 0.717) is 5.82 Å². The van der Waals surface area contributed by atoms with Crippen LogP contribution in [-0.4, -0.2) is 11.5 Å². The third-order valence-corrected chi connectivity index (χ3v) is 2.05. The third-order valence-electron chi connectivity index (χ3n) is 2.05. The summed E-state index contributed by atoms with van der Waals surface area (Å²) in [6.45, 7) is 6.04. The molecule has 0 spiro atoms. The molecule has 0 bridgehead atoms. The Morgan fingerprint density at radius 1 is 1.54 bits per heavy atom. The van der Waals surface area contributed by atoms with Crippen molar-refractivity contribution in [1.82, 2.24) is 10.3 Å². The molecule has 0 aliphatic carbocycles. The van der Waals surface area contributed by atoms with Crippen molar-refractivity contribution in [3.63, 3.8) is 0 Å². The number of hydrogen-bond donors (Lipinski definition) is 2. The van der Waals surface area contributed by atoms with Crippen LogP contribution in [0, 0.1) is 6.92 Å². The normalized spacial score (nSPS) is 10.3. The largest absolute Gasteiger partial charge is 0.383 e. The zero-order valence-corrected chi connectivity index (χ0v) is 8.30. The number of nitrogens with zero attached hydrogens (tertiary/aromatic N) is 1. The second-order valence-corrected chi connectivity index (χ2v) is 3.17. The van der Waals surface area contributed by atoms with Crippen LogP contribution in [0.3, 0.4) is 0 Å². The van der Waals surface area contributed by atoms with Gasteiger partial charge in [-0.25, -0.2) is 4.98 Å². The first-order valence-electron chi connectivity index (χ1n) is 4.66. The van der Waals surface area contributed by atoms with Gasteiger partial charge in [0.15, 0.2) is 0 Å². The van der Waals surface area contributed by atoms with Gasteiger partial charge in [0.2, 0.25) is 0 Å². The summed E-state index contributed by atoms with van der Waals surface area (Å²) in [6.07, 6.45) is 2.88. The fourth-order valence-electron chi connectivity index (χ4n) is 1.23. The van der Waals surface area contributed by atoms with Crippen LogP contribution >= 0.6 is 0 Å². The van der Waals surface area contributed by atoms with Gasteiger partial charge in [-0.1, -0.05) is 6.92 Å². The van der Waals surface area contributed by atoms with Crippen molar-refractivity contribution in [1.29, 1.82) is 0 Å². The van der Waals surface area contributed by atoms with Crippen LogP contribution in [0.25, 0.3) is 0 Å². The third kappa shape index (κ3) is 2.70. The van der Waals surface area contributed by atoms with E-state index in [4.69, 9.17) is 5.73 Å². The summed E-state index contributed by atoms with van der Waals surface area (Å²) in [5.74, 6) is 0.642. The fourth-order valence-corrected chi connectivity index (χ4v) is 1.23. The first kappa shape index (κ1) is 9.99. The standard InChI is InChI=1S/C10H17N3/c1-3-5-12-7-9-8(2)4-6-13-10(9)11/h4,6,12H,3,5,7H2,1-2H3,(H2,11,13). The van der Waals surface area contributed by atoms with Gasteiger partial charge < -0.3 is 11.1 Å². The van der Waals surface area contributed by atoms with Crippen LogP contribution in [0.2, 0.25) is 0 Å². The molecule has 0 atom stereocenters. The highest BCUT2D eigenvalue weighted by Gasteiger charge is 2.02. The fraction of sp³-hybridized carbons (Fsp3) is 0.500. The average molecular weight is 179 g/mol. The zero-order valence-electron chi connectivity index (χ0n) is 8.30. The van der Waals surface area contributed by atoms with Gasteiger partial charge in [0.1, 0.15) is 5.82 Å². The molecule has 0 aromatic carbocycles. The van der Waals surface area contributed by atoms with E-state index in [1.54, 1.807) is 6.20 Å². The van der Waals surface area contributed by atoms with Crippen LogP contribution in [0.4, 0.5) is 5.82 Å². The van der Waals surface area contributed by atoms with E-state index >= 15 is 0 Å². The highest BCUT2D eigenvalue weighted by molar-refractivity contribution is 5.43. The van der Waals surface area contributed by atoms with Crippen LogP contribution in [0.1, 0.15) is 24.5 Å². The predicted molar refractivity (Wildman–Crippen MR) is 55.4 cm³/mol. The topological polar surface area (TPSA) is 50.9 Å². The van der Waals surface area contributed by atoms with E-state index in [0.717, 1.165) is 25.1 Å². The number of nitrogen functional groups attached to an aromatic ring is 1. The lowest BCUT2D eigenvalue weighted by atomic mass is 10.1. The maximum atomic E-state index is 5.75. The molecular formula is C10H17N3. The number of aryl methyl sites for hydroxylation is 1. The highest BCUT2D eigenvalue weighted by Crippen LogP contribution is 2.12. The van der Waals surface area contributed by atoms with Gasteiger partial charge in [0.25, 0.3) is 0 Å². The van der Waals surface area contributed by atoms with Crippen molar-refractivity contribution in [3.05, 3.63) is 23.4 Å². The van der Waals surface area contributed by atoms with Crippen molar-refractivity contribution in [2.75, 3.05) is 12.3 Å². The summed E-state index contributed by atoms with van der Waals surface area (Å²) < 4.78 is 0. The number of anilines is 1. The molecular weight excluding hydrogens is 162 g/mol. The summed E-state index contributed by atoms with van der Waals surface area (Å²) in [4.78, 5) is 4.06. The molecule has 3 nitrogen and oxygen atoms in total. The first-order chi connectivity index (χ1) is 6.25. The molecule has 0 saturated carbocycles. The second-order valence-electron chi connectivity index (χ2n) is 3.17. The number of pyridine rings is 1.